The van der Waals surface area contributed by atoms with E-state index in [1.807, 2.05) is 0 Å². The first kappa shape index (κ1) is 13.1. The molecule has 0 bridgehead atoms. The minimum absolute atomic E-state index is 0.0353. The maximum Gasteiger partial charge on any atom is 0.242 e. The maximum atomic E-state index is 12.0. The monoisotopic (exact) mass is 294 g/mol. The Balaban J connectivity index is 2.43. The van der Waals surface area contributed by atoms with Crippen molar-refractivity contribution in [2.75, 3.05) is 0 Å². The smallest absolute Gasteiger partial charge is 0.242 e. The van der Waals surface area contributed by atoms with E-state index < -0.39 is 10.0 Å². The van der Waals surface area contributed by atoms with Gasteiger partial charge in [0.1, 0.15) is 4.90 Å². The largest absolute Gasteiger partial charge is 0.326 e. The Hall–Kier alpha value is -0.330. The van der Waals surface area contributed by atoms with Crippen LogP contribution in [0.5, 0.6) is 0 Å². The second-order valence-electron chi connectivity index (χ2n) is 3.97. The number of sulfonamides is 1. The number of halogens is 2. The molecule has 2 rings (SSSR count). The molecule has 7 heteroatoms. The van der Waals surface area contributed by atoms with Gasteiger partial charge in [0.05, 0.1) is 5.02 Å². The third-order valence-electron chi connectivity index (χ3n) is 2.51. The first-order valence-electron chi connectivity index (χ1n) is 5.14. The molecule has 0 heterocycles. The van der Waals surface area contributed by atoms with Gasteiger partial charge >= 0.3 is 0 Å². The molecule has 17 heavy (non-hydrogen) atoms. The van der Waals surface area contributed by atoms with Crippen LogP contribution in [0.4, 0.5) is 0 Å². The summed E-state index contributed by atoms with van der Waals surface area (Å²) in [6.45, 7) is 0.169. The third kappa shape index (κ3) is 2.92. The summed E-state index contributed by atoms with van der Waals surface area (Å²) in [6, 6.07) is 2.87. The van der Waals surface area contributed by atoms with Crippen LogP contribution in [-0.4, -0.2) is 14.5 Å². The number of rotatable bonds is 4. The molecule has 0 radical (unpaired) electrons. The molecule has 0 atom stereocenters. The Kier molecular flexibility index (Phi) is 3.66. The summed E-state index contributed by atoms with van der Waals surface area (Å²) in [5.41, 5.74) is 6.05. The van der Waals surface area contributed by atoms with Crippen LogP contribution in [0, 0.1) is 0 Å². The third-order valence-corrected chi connectivity index (χ3v) is 4.85. The van der Waals surface area contributed by atoms with Crippen LogP contribution < -0.4 is 10.5 Å². The minimum atomic E-state index is -3.57. The van der Waals surface area contributed by atoms with Gasteiger partial charge in [-0.3, -0.25) is 0 Å². The van der Waals surface area contributed by atoms with Gasteiger partial charge in [-0.2, -0.15) is 0 Å². The number of hydrogen-bond donors (Lipinski definition) is 2. The predicted octanol–water partition coefficient (Wildman–Crippen LogP) is 1.89. The average Bonchev–Trinajstić information content (AvgIpc) is 3.00. The van der Waals surface area contributed by atoms with Crippen molar-refractivity contribution in [2.24, 2.45) is 5.73 Å². The Bertz CT molecular complexity index is 541. The highest BCUT2D eigenvalue weighted by Gasteiger charge is 2.29. The normalized spacial score (nSPS) is 16.2. The standard InChI is InChI=1S/C10H12Cl2N2O2S/c11-8-4-9(12)10(3-6(8)5-13)17(15,16)14-7-1-2-7/h3-4,7,14H,1-2,5,13H2. The summed E-state index contributed by atoms with van der Waals surface area (Å²) < 4.78 is 26.6. The van der Waals surface area contributed by atoms with Crippen molar-refractivity contribution in [2.45, 2.75) is 30.3 Å². The van der Waals surface area contributed by atoms with E-state index in [9.17, 15) is 8.42 Å². The van der Waals surface area contributed by atoms with Gasteiger partial charge in [0.15, 0.2) is 0 Å². The highest BCUT2D eigenvalue weighted by molar-refractivity contribution is 7.89. The van der Waals surface area contributed by atoms with Crippen LogP contribution in [0.1, 0.15) is 18.4 Å². The van der Waals surface area contributed by atoms with Gasteiger partial charge in [-0.15, -0.1) is 0 Å². The number of benzene rings is 1. The molecule has 1 saturated carbocycles. The van der Waals surface area contributed by atoms with Crippen molar-refractivity contribution >= 4 is 33.2 Å². The molecule has 94 valence electrons. The highest BCUT2D eigenvalue weighted by atomic mass is 35.5. The van der Waals surface area contributed by atoms with Crippen molar-refractivity contribution in [3.63, 3.8) is 0 Å². The first-order valence-corrected chi connectivity index (χ1v) is 7.38. The Labute approximate surface area is 110 Å². The summed E-state index contributed by atoms with van der Waals surface area (Å²) in [6.07, 6.45) is 1.74. The van der Waals surface area contributed by atoms with Gasteiger partial charge < -0.3 is 5.73 Å². The fourth-order valence-electron chi connectivity index (χ4n) is 1.42. The van der Waals surface area contributed by atoms with Crippen molar-refractivity contribution in [3.05, 3.63) is 27.7 Å². The van der Waals surface area contributed by atoms with E-state index in [0.717, 1.165) is 12.8 Å². The molecule has 0 unspecified atom stereocenters. The van der Waals surface area contributed by atoms with Crippen molar-refractivity contribution in [1.29, 1.82) is 0 Å². The van der Waals surface area contributed by atoms with E-state index in [1.165, 1.54) is 12.1 Å². The van der Waals surface area contributed by atoms with E-state index in [-0.39, 0.29) is 22.5 Å². The second kappa shape index (κ2) is 4.74. The summed E-state index contributed by atoms with van der Waals surface area (Å²) in [7, 11) is -3.57. The first-order chi connectivity index (χ1) is 7.94. The van der Waals surface area contributed by atoms with Crippen LogP contribution >= 0.6 is 23.2 Å². The lowest BCUT2D eigenvalue weighted by Gasteiger charge is -2.10. The molecular weight excluding hydrogens is 283 g/mol. The molecule has 0 aliphatic heterocycles. The molecule has 1 fully saturated rings. The van der Waals surface area contributed by atoms with Gasteiger partial charge in [-0.25, -0.2) is 13.1 Å². The molecule has 3 N–H and O–H groups in total. The quantitative estimate of drug-likeness (QED) is 0.891. The lowest BCUT2D eigenvalue weighted by atomic mass is 10.2. The summed E-state index contributed by atoms with van der Waals surface area (Å²) >= 11 is 11.8. The van der Waals surface area contributed by atoms with Crippen LogP contribution in [0.2, 0.25) is 10.0 Å². The zero-order chi connectivity index (χ0) is 12.6. The molecule has 0 amide bonds. The SMILES string of the molecule is NCc1cc(S(=O)(=O)NC2CC2)c(Cl)cc1Cl. The van der Waals surface area contributed by atoms with Gasteiger partial charge in [0, 0.05) is 17.6 Å². The van der Waals surface area contributed by atoms with Gasteiger partial charge in [-0.1, -0.05) is 23.2 Å². The fraction of sp³-hybridized carbons (Fsp3) is 0.400. The lowest BCUT2D eigenvalue weighted by Crippen LogP contribution is -2.26. The summed E-state index contributed by atoms with van der Waals surface area (Å²) in [4.78, 5) is 0.0379. The molecule has 1 aliphatic carbocycles. The Morgan fingerprint density at radius 2 is 1.94 bits per heavy atom. The molecule has 0 spiro atoms. The molecular formula is C10H12Cl2N2O2S. The predicted molar refractivity (Wildman–Crippen MR) is 67.7 cm³/mol. The van der Waals surface area contributed by atoms with Crippen molar-refractivity contribution < 1.29 is 8.42 Å². The molecule has 4 nitrogen and oxygen atoms in total. The van der Waals surface area contributed by atoms with E-state index in [2.05, 4.69) is 4.72 Å². The van der Waals surface area contributed by atoms with Gasteiger partial charge in [0.25, 0.3) is 0 Å². The summed E-state index contributed by atoms with van der Waals surface area (Å²) in [5.74, 6) is 0. The van der Waals surface area contributed by atoms with E-state index in [1.54, 1.807) is 0 Å². The van der Waals surface area contributed by atoms with Gasteiger partial charge in [0.2, 0.25) is 10.0 Å². The Morgan fingerprint density at radius 1 is 1.29 bits per heavy atom. The highest BCUT2D eigenvalue weighted by Crippen LogP contribution is 2.30. The second-order valence-corrected chi connectivity index (χ2v) is 6.47. The minimum Gasteiger partial charge on any atom is -0.326 e. The van der Waals surface area contributed by atoms with Crippen LogP contribution in [-0.2, 0) is 16.6 Å². The number of nitrogens with one attached hydrogen (secondary N) is 1. The van der Waals surface area contributed by atoms with E-state index in [4.69, 9.17) is 28.9 Å². The zero-order valence-corrected chi connectivity index (χ0v) is 11.2. The average molecular weight is 295 g/mol. The fourth-order valence-corrected chi connectivity index (χ4v) is 3.60. The van der Waals surface area contributed by atoms with Gasteiger partial charge in [-0.05, 0) is 30.5 Å². The van der Waals surface area contributed by atoms with E-state index in [0.29, 0.717) is 10.6 Å². The molecule has 1 aromatic rings. The lowest BCUT2D eigenvalue weighted by molar-refractivity contribution is 0.581. The number of hydrogen-bond acceptors (Lipinski definition) is 3. The van der Waals surface area contributed by atoms with Crippen LogP contribution in [0.15, 0.2) is 17.0 Å². The zero-order valence-electron chi connectivity index (χ0n) is 8.91. The van der Waals surface area contributed by atoms with E-state index >= 15 is 0 Å². The topological polar surface area (TPSA) is 72.2 Å². The molecule has 1 aromatic carbocycles. The molecule has 0 aromatic heterocycles. The Morgan fingerprint density at radius 3 is 2.47 bits per heavy atom. The molecule has 1 aliphatic rings. The summed E-state index contributed by atoms with van der Waals surface area (Å²) in [5, 5.41) is 0.489. The van der Waals surface area contributed by atoms with Crippen molar-refractivity contribution in [3.8, 4) is 0 Å². The number of nitrogens with two attached hydrogens (primary N) is 1. The maximum absolute atomic E-state index is 12.0. The van der Waals surface area contributed by atoms with Crippen LogP contribution in [0.25, 0.3) is 0 Å². The van der Waals surface area contributed by atoms with Crippen molar-refractivity contribution in [1.82, 2.24) is 4.72 Å². The van der Waals surface area contributed by atoms with Crippen LogP contribution in [0.3, 0.4) is 0 Å². The molecule has 0 saturated heterocycles.